The van der Waals surface area contributed by atoms with E-state index < -0.39 is 0 Å². The number of anilines is 1. The lowest BCUT2D eigenvalue weighted by Crippen LogP contribution is -2.34. The highest BCUT2D eigenvalue weighted by molar-refractivity contribution is 9.10. The zero-order chi connectivity index (χ0) is 15.1. The molecule has 0 bridgehead atoms. The summed E-state index contributed by atoms with van der Waals surface area (Å²) in [7, 11) is 0. The summed E-state index contributed by atoms with van der Waals surface area (Å²) in [5.41, 5.74) is 4.25. The Kier molecular flexibility index (Phi) is 5.45. The van der Waals surface area contributed by atoms with Gasteiger partial charge in [-0.05, 0) is 48.9 Å². The van der Waals surface area contributed by atoms with Crippen molar-refractivity contribution in [2.45, 2.75) is 13.0 Å². The van der Waals surface area contributed by atoms with Crippen molar-refractivity contribution in [1.29, 1.82) is 0 Å². The molecule has 5 nitrogen and oxygen atoms in total. The Morgan fingerprint density at radius 2 is 1.90 bits per heavy atom. The van der Waals surface area contributed by atoms with Gasteiger partial charge in [-0.1, -0.05) is 15.9 Å². The van der Waals surface area contributed by atoms with E-state index in [2.05, 4.69) is 36.8 Å². The molecule has 21 heavy (non-hydrogen) atoms. The van der Waals surface area contributed by atoms with E-state index in [4.69, 9.17) is 0 Å². The first kappa shape index (κ1) is 15.2. The van der Waals surface area contributed by atoms with Crippen LogP contribution in [0, 0.1) is 0 Å². The standard InChI is InChI=1S/C15H15BrN4O/c1-11(19-14-4-2-13(16)3-5-14)15(21)20-18-10-12-6-8-17-9-7-12/h2-11,19H,1H3,(H,20,21)/b18-10-/t11-/m0/s1. The van der Waals surface area contributed by atoms with Gasteiger partial charge in [0.05, 0.1) is 6.21 Å². The minimum absolute atomic E-state index is 0.205. The molecule has 0 saturated carbocycles. The summed E-state index contributed by atoms with van der Waals surface area (Å²) < 4.78 is 0.993. The quantitative estimate of drug-likeness (QED) is 0.646. The van der Waals surface area contributed by atoms with Crippen LogP contribution in [0.25, 0.3) is 0 Å². The monoisotopic (exact) mass is 346 g/mol. The maximum atomic E-state index is 11.9. The van der Waals surface area contributed by atoms with Crippen molar-refractivity contribution >= 4 is 33.7 Å². The van der Waals surface area contributed by atoms with Gasteiger partial charge >= 0.3 is 0 Å². The number of benzene rings is 1. The molecular weight excluding hydrogens is 332 g/mol. The van der Waals surface area contributed by atoms with E-state index in [0.717, 1.165) is 15.7 Å². The molecule has 2 rings (SSSR count). The molecule has 1 atom stereocenters. The van der Waals surface area contributed by atoms with Crippen molar-refractivity contribution < 1.29 is 4.79 Å². The molecular formula is C15H15BrN4O. The minimum Gasteiger partial charge on any atom is -0.374 e. The van der Waals surface area contributed by atoms with Gasteiger partial charge in [0.1, 0.15) is 6.04 Å². The number of hydrogen-bond acceptors (Lipinski definition) is 4. The number of carbonyl (C=O) groups is 1. The molecule has 1 aromatic carbocycles. The fourth-order valence-electron chi connectivity index (χ4n) is 1.58. The number of hydrogen-bond donors (Lipinski definition) is 2. The second-order valence-electron chi connectivity index (χ2n) is 4.39. The van der Waals surface area contributed by atoms with Crippen LogP contribution in [0.3, 0.4) is 0 Å². The van der Waals surface area contributed by atoms with Crippen LogP contribution in [0.1, 0.15) is 12.5 Å². The van der Waals surface area contributed by atoms with Crippen molar-refractivity contribution in [2.24, 2.45) is 5.10 Å². The van der Waals surface area contributed by atoms with Crippen LogP contribution in [0.5, 0.6) is 0 Å². The number of rotatable bonds is 5. The number of amides is 1. The molecule has 0 saturated heterocycles. The largest absolute Gasteiger partial charge is 0.374 e. The molecule has 1 aromatic heterocycles. The Labute approximate surface area is 131 Å². The molecule has 0 radical (unpaired) electrons. The maximum Gasteiger partial charge on any atom is 0.262 e. The number of halogens is 1. The minimum atomic E-state index is -0.388. The Hall–Kier alpha value is -2.21. The van der Waals surface area contributed by atoms with Crippen LogP contribution in [-0.2, 0) is 4.79 Å². The molecule has 2 aromatic rings. The fourth-order valence-corrected chi connectivity index (χ4v) is 1.84. The van der Waals surface area contributed by atoms with Gasteiger partial charge in [-0.2, -0.15) is 5.10 Å². The van der Waals surface area contributed by atoms with Crippen molar-refractivity contribution in [3.63, 3.8) is 0 Å². The third-order valence-corrected chi connectivity index (χ3v) is 3.24. The van der Waals surface area contributed by atoms with Crippen LogP contribution in [0.2, 0.25) is 0 Å². The van der Waals surface area contributed by atoms with Crippen molar-refractivity contribution in [2.75, 3.05) is 5.32 Å². The average molecular weight is 347 g/mol. The lowest BCUT2D eigenvalue weighted by molar-refractivity contribution is -0.121. The maximum absolute atomic E-state index is 11.9. The van der Waals surface area contributed by atoms with Gasteiger partial charge in [-0.3, -0.25) is 9.78 Å². The number of carbonyl (C=O) groups excluding carboxylic acids is 1. The number of hydrazone groups is 1. The molecule has 0 unspecified atom stereocenters. The first-order chi connectivity index (χ1) is 10.1. The van der Waals surface area contributed by atoms with Gasteiger partial charge in [-0.25, -0.2) is 5.43 Å². The van der Waals surface area contributed by atoms with E-state index in [1.807, 2.05) is 24.3 Å². The van der Waals surface area contributed by atoms with Crippen molar-refractivity contribution in [3.05, 3.63) is 58.8 Å². The van der Waals surface area contributed by atoms with E-state index >= 15 is 0 Å². The predicted octanol–water partition coefficient (Wildman–Crippen LogP) is 2.79. The molecule has 0 aliphatic rings. The van der Waals surface area contributed by atoms with E-state index in [1.165, 1.54) is 0 Å². The Balaban J connectivity index is 1.85. The normalized spacial score (nSPS) is 12.1. The van der Waals surface area contributed by atoms with Crippen LogP contribution >= 0.6 is 15.9 Å². The predicted molar refractivity (Wildman–Crippen MR) is 87.2 cm³/mol. The summed E-state index contributed by atoms with van der Waals surface area (Å²) in [5, 5.41) is 7.02. The summed E-state index contributed by atoms with van der Waals surface area (Å²) in [6, 6.07) is 10.8. The van der Waals surface area contributed by atoms with E-state index in [-0.39, 0.29) is 11.9 Å². The lowest BCUT2D eigenvalue weighted by Gasteiger charge is -2.13. The van der Waals surface area contributed by atoms with Gasteiger partial charge in [0.2, 0.25) is 0 Å². The van der Waals surface area contributed by atoms with Gasteiger partial charge in [0.15, 0.2) is 0 Å². The number of nitrogens with one attached hydrogen (secondary N) is 2. The Morgan fingerprint density at radius 1 is 1.24 bits per heavy atom. The molecule has 1 amide bonds. The first-order valence-corrected chi connectivity index (χ1v) is 7.19. The smallest absolute Gasteiger partial charge is 0.262 e. The second-order valence-corrected chi connectivity index (χ2v) is 5.30. The summed E-state index contributed by atoms with van der Waals surface area (Å²) in [6.07, 6.45) is 4.91. The van der Waals surface area contributed by atoms with E-state index in [0.29, 0.717) is 0 Å². The molecule has 6 heteroatoms. The Bertz CT molecular complexity index is 613. The number of pyridine rings is 1. The first-order valence-electron chi connectivity index (χ1n) is 6.40. The number of aromatic nitrogens is 1. The van der Waals surface area contributed by atoms with Crippen molar-refractivity contribution in [3.8, 4) is 0 Å². The zero-order valence-electron chi connectivity index (χ0n) is 11.5. The van der Waals surface area contributed by atoms with Crippen molar-refractivity contribution in [1.82, 2.24) is 10.4 Å². The van der Waals surface area contributed by atoms with Crippen LogP contribution < -0.4 is 10.7 Å². The van der Waals surface area contributed by atoms with E-state index in [1.54, 1.807) is 37.7 Å². The Morgan fingerprint density at radius 3 is 2.57 bits per heavy atom. The highest BCUT2D eigenvalue weighted by Crippen LogP contribution is 2.14. The summed E-state index contributed by atoms with van der Waals surface area (Å²) in [6.45, 7) is 1.78. The highest BCUT2D eigenvalue weighted by Gasteiger charge is 2.11. The van der Waals surface area contributed by atoms with Crippen LogP contribution in [0.4, 0.5) is 5.69 Å². The van der Waals surface area contributed by atoms with Gasteiger partial charge in [0.25, 0.3) is 5.91 Å². The fraction of sp³-hybridized carbons (Fsp3) is 0.133. The molecule has 0 aliphatic heterocycles. The highest BCUT2D eigenvalue weighted by atomic mass is 79.9. The van der Waals surface area contributed by atoms with Crippen LogP contribution in [-0.4, -0.2) is 23.1 Å². The molecule has 0 aliphatic carbocycles. The van der Waals surface area contributed by atoms with Gasteiger partial charge in [0, 0.05) is 22.6 Å². The third-order valence-electron chi connectivity index (χ3n) is 2.72. The molecule has 0 spiro atoms. The van der Waals surface area contributed by atoms with Gasteiger partial charge < -0.3 is 5.32 Å². The zero-order valence-corrected chi connectivity index (χ0v) is 13.0. The number of nitrogens with zero attached hydrogens (tertiary/aromatic N) is 2. The van der Waals surface area contributed by atoms with Gasteiger partial charge in [-0.15, -0.1) is 0 Å². The summed E-state index contributed by atoms with van der Waals surface area (Å²) in [4.78, 5) is 15.8. The average Bonchev–Trinajstić information content (AvgIpc) is 2.50. The molecule has 1 heterocycles. The summed E-state index contributed by atoms with van der Waals surface area (Å²) >= 11 is 3.37. The summed E-state index contributed by atoms with van der Waals surface area (Å²) in [5.74, 6) is -0.205. The lowest BCUT2D eigenvalue weighted by atomic mass is 10.2. The SMILES string of the molecule is C[C@H](Nc1ccc(Br)cc1)C(=O)N/N=C\c1ccncc1. The van der Waals surface area contributed by atoms with E-state index in [9.17, 15) is 4.79 Å². The molecule has 108 valence electrons. The molecule has 2 N–H and O–H groups in total. The van der Waals surface area contributed by atoms with Crippen LogP contribution in [0.15, 0.2) is 58.4 Å². The second kappa shape index (κ2) is 7.54. The third kappa shape index (κ3) is 5.00. The molecule has 0 fully saturated rings. The topological polar surface area (TPSA) is 66.4 Å².